The summed E-state index contributed by atoms with van der Waals surface area (Å²) in [5, 5.41) is 3.12. The molecule has 2 aromatic carbocycles. The van der Waals surface area contributed by atoms with Gasteiger partial charge in [0.05, 0.1) is 12.1 Å². The predicted octanol–water partition coefficient (Wildman–Crippen LogP) is 2.75. The zero-order valence-electron chi connectivity index (χ0n) is 12.2. The first-order chi connectivity index (χ1) is 10.2. The molecule has 3 nitrogen and oxygen atoms in total. The third-order valence-corrected chi connectivity index (χ3v) is 4.09. The molecule has 1 fully saturated rings. The molecule has 3 rings (SSSR count). The minimum Gasteiger partial charge on any atom is -0.347 e. The molecule has 1 aliphatic heterocycles. The average Bonchev–Trinajstić information content (AvgIpc) is 2.53. The Labute approximate surface area is 125 Å². The van der Waals surface area contributed by atoms with E-state index >= 15 is 0 Å². The van der Waals surface area contributed by atoms with Crippen LogP contribution >= 0.6 is 0 Å². The van der Waals surface area contributed by atoms with Crippen molar-refractivity contribution in [2.24, 2.45) is 0 Å². The van der Waals surface area contributed by atoms with E-state index in [1.165, 1.54) is 5.56 Å². The molecular weight excluding hydrogens is 260 g/mol. The van der Waals surface area contributed by atoms with E-state index in [2.05, 4.69) is 34.5 Å². The molecule has 1 unspecified atom stereocenters. The Morgan fingerprint density at radius 3 is 2.33 bits per heavy atom. The van der Waals surface area contributed by atoms with E-state index in [1.807, 2.05) is 43.3 Å². The molecule has 1 aliphatic rings. The van der Waals surface area contributed by atoms with Crippen LogP contribution in [0.1, 0.15) is 24.1 Å². The lowest BCUT2D eigenvalue weighted by Crippen LogP contribution is -2.54. The summed E-state index contributed by atoms with van der Waals surface area (Å²) in [6.07, 6.45) is 0. The second kappa shape index (κ2) is 6.10. The molecule has 108 valence electrons. The van der Waals surface area contributed by atoms with Crippen molar-refractivity contribution < 1.29 is 4.79 Å². The van der Waals surface area contributed by atoms with Gasteiger partial charge in [0.15, 0.2) is 0 Å². The van der Waals surface area contributed by atoms with Crippen molar-refractivity contribution in [2.75, 3.05) is 6.54 Å². The lowest BCUT2D eigenvalue weighted by molar-refractivity contribution is -0.130. The highest BCUT2D eigenvalue weighted by Gasteiger charge is 2.31. The number of piperazine rings is 1. The van der Waals surface area contributed by atoms with Gasteiger partial charge in [0.2, 0.25) is 5.91 Å². The third kappa shape index (κ3) is 3.14. The Balaban J connectivity index is 1.78. The molecule has 0 bridgehead atoms. The van der Waals surface area contributed by atoms with Crippen molar-refractivity contribution in [2.45, 2.75) is 25.6 Å². The molecule has 1 amide bonds. The summed E-state index contributed by atoms with van der Waals surface area (Å²) in [6, 6.07) is 20.5. The van der Waals surface area contributed by atoms with Crippen LogP contribution in [0.5, 0.6) is 0 Å². The van der Waals surface area contributed by atoms with Gasteiger partial charge in [-0.3, -0.25) is 9.69 Å². The monoisotopic (exact) mass is 280 g/mol. The Morgan fingerprint density at radius 1 is 1.05 bits per heavy atom. The maximum atomic E-state index is 12.2. The first-order valence-corrected chi connectivity index (χ1v) is 7.37. The van der Waals surface area contributed by atoms with Gasteiger partial charge in [-0.25, -0.2) is 0 Å². The number of carbonyl (C=O) groups is 1. The van der Waals surface area contributed by atoms with Crippen LogP contribution in [0.25, 0.3) is 0 Å². The van der Waals surface area contributed by atoms with E-state index in [-0.39, 0.29) is 18.0 Å². The molecule has 0 radical (unpaired) electrons. The van der Waals surface area contributed by atoms with Gasteiger partial charge >= 0.3 is 0 Å². The standard InChI is InChI=1S/C18H20N2O/c1-14-18(21)19-17(16-10-6-3-7-11-16)13-20(14)12-15-8-4-2-5-9-15/h2-11,14,17H,12-13H2,1H3,(H,19,21)/t14-,17?/m1/s1. The summed E-state index contributed by atoms with van der Waals surface area (Å²) in [6.45, 7) is 3.62. The van der Waals surface area contributed by atoms with Gasteiger partial charge < -0.3 is 5.32 Å². The Hall–Kier alpha value is -2.13. The number of hydrogen-bond acceptors (Lipinski definition) is 2. The van der Waals surface area contributed by atoms with Gasteiger partial charge in [0.1, 0.15) is 0 Å². The first kappa shape index (κ1) is 13.8. The number of amides is 1. The minimum absolute atomic E-state index is 0.0682. The van der Waals surface area contributed by atoms with E-state index in [0.29, 0.717) is 0 Å². The zero-order chi connectivity index (χ0) is 14.7. The summed E-state index contributed by atoms with van der Waals surface area (Å²) in [5.41, 5.74) is 2.40. The molecular formula is C18H20N2O. The molecule has 21 heavy (non-hydrogen) atoms. The van der Waals surface area contributed by atoms with Crippen LogP contribution < -0.4 is 5.32 Å². The van der Waals surface area contributed by atoms with Crippen LogP contribution in [0.2, 0.25) is 0 Å². The smallest absolute Gasteiger partial charge is 0.237 e. The van der Waals surface area contributed by atoms with Crippen molar-refractivity contribution >= 4 is 5.91 Å². The van der Waals surface area contributed by atoms with Crippen molar-refractivity contribution in [3.8, 4) is 0 Å². The normalized spacial score (nSPS) is 22.8. The topological polar surface area (TPSA) is 32.3 Å². The van der Waals surface area contributed by atoms with Gasteiger partial charge in [0.25, 0.3) is 0 Å². The summed E-state index contributed by atoms with van der Waals surface area (Å²) in [7, 11) is 0. The van der Waals surface area contributed by atoms with E-state index < -0.39 is 0 Å². The number of nitrogens with one attached hydrogen (secondary N) is 1. The van der Waals surface area contributed by atoms with Crippen LogP contribution in [0.3, 0.4) is 0 Å². The summed E-state index contributed by atoms with van der Waals surface area (Å²) in [4.78, 5) is 14.5. The van der Waals surface area contributed by atoms with Crippen molar-refractivity contribution in [3.05, 3.63) is 71.8 Å². The first-order valence-electron chi connectivity index (χ1n) is 7.37. The Kier molecular flexibility index (Phi) is 4.02. The SMILES string of the molecule is C[C@@H]1C(=O)NC(c2ccccc2)CN1Cc1ccccc1. The lowest BCUT2D eigenvalue weighted by atomic mass is 10.0. The highest BCUT2D eigenvalue weighted by Crippen LogP contribution is 2.22. The maximum Gasteiger partial charge on any atom is 0.237 e. The number of benzene rings is 2. The van der Waals surface area contributed by atoms with E-state index in [1.54, 1.807) is 0 Å². The van der Waals surface area contributed by atoms with Gasteiger partial charge in [0, 0.05) is 13.1 Å². The van der Waals surface area contributed by atoms with Crippen molar-refractivity contribution in [3.63, 3.8) is 0 Å². The largest absolute Gasteiger partial charge is 0.347 e. The molecule has 0 saturated carbocycles. The van der Waals surface area contributed by atoms with E-state index in [0.717, 1.165) is 18.7 Å². The fourth-order valence-corrected chi connectivity index (χ4v) is 2.79. The fraction of sp³-hybridized carbons (Fsp3) is 0.278. The number of rotatable bonds is 3. The van der Waals surface area contributed by atoms with Crippen LogP contribution in [0.15, 0.2) is 60.7 Å². The Morgan fingerprint density at radius 2 is 1.67 bits per heavy atom. The molecule has 1 heterocycles. The lowest BCUT2D eigenvalue weighted by Gasteiger charge is -2.38. The fourth-order valence-electron chi connectivity index (χ4n) is 2.79. The molecule has 0 spiro atoms. The van der Waals surface area contributed by atoms with Gasteiger partial charge in [-0.2, -0.15) is 0 Å². The second-order valence-electron chi connectivity index (χ2n) is 5.56. The van der Waals surface area contributed by atoms with Crippen LogP contribution in [-0.4, -0.2) is 23.4 Å². The molecule has 3 heteroatoms. The maximum absolute atomic E-state index is 12.2. The predicted molar refractivity (Wildman–Crippen MR) is 83.6 cm³/mol. The zero-order valence-corrected chi connectivity index (χ0v) is 12.2. The van der Waals surface area contributed by atoms with E-state index in [4.69, 9.17) is 0 Å². The summed E-state index contributed by atoms with van der Waals surface area (Å²) in [5.74, 6) is 0.103. The Bertz CT molecular complexity index is 597. The van der Waals surface area contributed by atoms with Gasteiger partial charge in [-0.1, -0.05) is 60.7 Å². The highest BCUT2D eigenvalue weighted by atomic mass is 16.2. The quantitative estimate of drug-likeness (QED) is 0.937. The molecule has 1 N–H and O–H groups in total. The molecule has 2 aromatic rings. The van der Waals surface area contributed by atoms with Crippen LogP contribution in [-0.2, 0) is 11.3 Å². The highest BCUT2D eigenvalue weighted by molar-refractivity contribution is 5.82. The number of hydrogen-bond donors (Lipinski definition) is 1. The summed E-state index contributed by atoms with van der Waals surface area (Å²) >= 11 is 0. The van der Waals surface area contributed by atoms with Crippen LogP contribution in [0.4, 0.5) is 0 Å². The second-order valence-corrected chi connectivity index (χ2v) is 5.56. The van der Waals surface area contributed by atoms with E-state index in [9.17, 15) is 4.79 Å². The minimum atomic E-state index is -0.0924. The van der Waals surface area contributed by atoms with Crippen LogP contribution in [0, 0.1) is 0 Å². The number of nitrogens with zero attached hydrogens (tertiary/aromatic N) is 1. The van der Waals surface area contributed by atoms with Gasteiger partial charge in [-0.15, -0.1) is 0 Å². The van der Waals surface area contributed by atoms with Gasteiger partial charge in [-0.05, 0) is 18.1 Å². The summed E-state index contributed by atoms with van der Waals surface area (Å²) < 4.78 is 0. The number of carbonyl (C=O) groups excluding carboxylic acids is 1. The molecule has 0 aliphatic carbocycles. The van der Waals surface area contributed by atoms with Crippen molar-refractivity contribution in [1.29, 1.82) is 0 Å². The third-order valence-electron chi connectivity index (χ3n) is 4.09. The molecule has 1 saturated heterocycles. The van der Waals surface area contributed by atoms with Crippen molar-refractivity contribution in [1.82, 2.24) is 10.2 Å². The molecule has 2 atom stereocenters. The average molecular weight is 280 g/mol. The molecule has 0 aromatic heterocycles.